The standard InChI is InChI=1S/C14H22ClNO/c1-5-6-17-14-11(4)10(3)12(7-9(2)16)8-13(14)15/h8-9H,5-7,16H2,1-4H3. The minimum atomic E-state index is 0.145. The Balaban J connectivity index is 3.08. The van der Waals surface area contributed by atoms with Gasteiger partial charge < -0.3 is 10.5 Å². The number of ether oxygens (including phenoxy) is 1. The summed E-state index contributed by atoms with van der Waals surface area (Å²) in [6.45, 7) is 8.94. The highest BCUT2D eigenvalue weighted by Gasteiger charge is 2.13. The van der Waals surface area contributed by atoms with Crippen LogP contribution in [0.2, 0.25) is 5.02 Å². The van der Waals surface area contributed by atoms with Gasteiger partial charge in [0.1, 0.15) is 5.75 Å². The summed E-state index contributed by atoms with van der Waals surface area (Å²) in [4.78, 5) is 0. The average molecular weight is 256 g/mol. The number of hydrogen-bond donors (Lipinski definition) is 1. The summed E-state index contributed by atoms with van der Waals surface area (Å²) in [6.07, 6.45) is 1.83. The smallest absolute Gasteiger partial charge is 0.141 e. The van der Waals surface area contributed by atoms with E-state index in [1.54, 1.807) is 0 Å². The van der Waals surface area contributed by atoms with Crippen LogP contribution in [0.4, 0.5) is 0 Å². The van der Waals surface area contributed by atoms with Gasteiger partial charge in [0.25, 0.3) is 0 Å². The maximum absolute atomic E-state index is 6.26. The molecule has 96 valence electrons. The van der Waals surface area contributed by atoms with Crippen molar-refractivity contribution in [2.75, 3.05) is 6.61 Å². The second kappa shape index (κ2) is 6.27. The summed E-state index contributed by atoms with van der Waals surface area (Å²) in [5.41, 5.74) is 9.41. The lowest BCUT2D eigenvalue weighted by Gasteiger charge is -2.17. The third-order valence-electron chi connectivity index (χ3n) is 2.90. The summed E-state index contributed by atoms with van der Waals surface area (Å²) < 4.78 is 5.69. The van der Waals surface area contributed by atoms with Crippen molar-refractivity contribution in [2.24, 2.45) is 5.73 Å². The van der Waals surface area contributed by atoms with E-state index in [-0.39, 0.29) is 6.04 Å². The summed E-state index contributed by atoms with van der Waals surface area (Å²) in [5, 5.41) is 0.692. The molecule has 17 heavy (non-hydrogen) atoms. The predicted octanol–water partition coefficient (Wildman–Crippen LogP) is 3.64. The lowest BCUT2D eigenvalue weighted by Crippen LogP contribution is -2.18. The normalized spacial score (nSPS) is 12.6. The Kier molecular flexibility index (Phi) is 5.29. The van der Waals surface area contributed by atoms with Crippen LogP contribution in [0.15, 0.2) is 6.07 Å². The fourth-order valence-corrected chi connectivity index (χ4v) is 2.19. The molecule has 0 saturated carbocycles. The van der Waals surface area contributed by atoms with E-state index < -0.39 is 0 Å². The Labute approximate surface area is 109 Å². The average Bonchev–Trinajstić information content (AvgIpc) is 2.25. The molecule has 0 aliphatic carbocycles. The van der Waals surface area contributed by atoms with Crippen LogP contribution in [0, 0.1) is 13.8 Å². The van der Waals surface area contributed by atoms with Gasteiger partial charge in [0.15, 0.2) is 0 Å². The molecule has 1 atom stereocenters. The van der Waals surface area contributed by atoms with E-state index >= 15 is 0 Å². The van der Waals surface area contributed by atoms with Crippen LogP contribution in [-0.2, 0) is 6.42 Å². The molecule has 0 aromatic heterocycles. The van der Waals surface area contributed by atoms with E-state index in [1.165, 1.54) is 11.1 Å². The number of benzene rings is 1. The van der Waals surface area contributed by atoms with E-state index in [1.807, 2.05) is 13.0 Å². The van der Waals surface area contributed by atoms with Crippen molar-refractivity contribution in [2.45, 2.75) is 46.6 Å². The molecule has 0 spiro atoms. The molecule has 2 N–H and O–H groups in total. The van der Waals surface area contributed by atoms with E-state index in [2.05, 4.69) is 20.8 Å². The minimum Gasteiger partial charge on any atom is -0.492 e. The zero-order valence-electron chi connectivity index (χ0n) is 11.1. The zero-order valence-corrected chi connectivity index (χ0v) is 11.9. The molecule has 1 rings (SSSR count). The molecule has 3 heteroatoms. The Hall–Kier alpha value is -0.730. The van der Waals surface area contributed by atoms with Gasteiger partial charge in [-0.05, 0) is 56.4 Å². The monoisotopic (exact) mass is 255 g/mol. The molecule has 1 unspecified atom stereocenters. The van der Waals surface area contributed by atoms with Gasteiger partial charge >= 0.3 is 0 Å². The highest BCUT2D eigenvalue weighted by atomic mass is 35.5. The van der Waals surface area contributed by atoms with Crippen LogP contribution in [0.3, 0.4) is 0 Å². The lowest BCUT2D eigenvalue weighted by molar-refractivity contribution is 0.315. The van der Waals surface area contributed by atoms with Gasteiger partial charge in [0, 0.05) is 6.04 Å². The van der Waals surface area contributed by atoms with Crippen LogP contribution in [-0.4, -0.2) is 12.6 Å². The molecule has 0 aliphatic heterocycles. The second-order valence-corrected chi connectivity index (χ2v) is 5.03. The Bertz CT molecular complexity index is 388. The van der Waals surface area contributed by atoms with Crippen molar-refractivity contribution < 1.29 is 4.74 Å². The predicted molar refractivity (Wildman–Crippen MR) is 74.1 cm³/mol. The first-order valence-electron chi connectivity index (χ1n) is 6.14. The molecular formula is C14H22ClNO. The maximum Gasteiger partial charge on any atom is 0.141 e. The van der Waals surface area contributed by atoms with E-state index in [0.29, 0.717) is 11.6 Å². The van der Waals surface area contributed by atoms with Crippen molar-refractivity contribution in [1.82, 2.24) is 0 Å². The molecular weight excluding hydrogens is 234 g/mol. The van der Waals surface area contributed by atoms with Crippen LogP contribution in [0.1, 0.15) is 37.0 Å². The second-order valence-electron chi connectivity index (χ2n) is 4.63. The van der Waals surface area contributed by atoms with Gasteiger partial charge in [-0.3, -0.25) is 0 Å². The largest absolute Gasteiger partial charge is 0.492 e. The number of rotatable bonds is 5. The summed E-state index contributed by atoms with van der Waals surface area (Å²) >= 11 is 6.26. The Morgan fingerprint density at radius 2 is 2.00 bits per heavy atom. The number of hydrogen-bond acceptors (Lipinski definition) is 2. The third-order valence-corrected chi connectivity index (χ3v) is 3.18. The first-order valence-corrected chi connectivity index (χ1v) is 6.52. The Morgan fingerprint density at radius 3 is 2.53 bits per heavy atom. The Morgan fingerprint density at radius 1 is 1.35 bits per heavy atom. The van der Waals surface area contributed by atoms with Gasteiger partial charge in [0.05, 0.1) is 11.6 Å². The summed E-state index contributed by atoms with van der Waals surface area (Å²) in [6, 6.07) is 2.13. The topological polar surface area (TPSA) is 35.2 Å². The zero-order chi connectivity index (χ0) is 13.0. The van der Waals surface area contributed by atoms with E-state index in [9.17, 15) is 0 Å². The molecule has 0 heterocycles. The van der Waals surface area contributed by atoms with Crippen molar-refractivity contribution >= 4 is 11.6 Å². The summed E-state index contributed by atoms with van der Waals surface area (Å²) in [7, 11) is 0. The van der Waals surface area contributed by atoms with E-state index in [0.717, 1.165) is 24.2 Å². The van der Waals surface area contributed by atoms with Crippen LogP contribution in [0.25, 0.3) is 0 Å². The first-order chi connectivity index (χ1) is 7.97. The molecule has 0 fully saturated rings. The van der Waals surface area contributed by atoms with Crippen LogP contribution >= 0.6 is 11.6 Å². The van der Waals surface area contributed by atoms with Gasteiger partial charge in [0.2, 0.25) is 0 Å². The van der Waals surface area contributed by atoms with Gasteiger partial charge in [-0.2, -0.15) is 0 Å². The number of halogens is 1. The quantitative estimate of drug-likeness (QED) is 0.872. The maximum atomic E-state index is 6.26. The van der Waals surface area contributed by atoms with Crippen LogP contribution < -0.4 is 10.5 Å². The third kappa shape index (κ3) is 3.62. The minimum absolute atomic E-state index is 0.145. The highest BCUT2D eigenvalue weighted by molar-refractivity contribution is 6.32. The molecule has 0 aliphatic rings. The summed E-state index contributed by atoms with van der Waals surface area (Å²) in [5.74, 6) is 0.819. The first kappa shape index (κ1) is 14.3. The fraction of sp³-hybridized carbons (Fsp3) is 0.571. The fourth-order valence-electron chi connectivity index (χ4n) is 1.86. The van der Waals surface area contributed by atoms with Gasteiger partial charge in [-0.15, -0.1) is 0 Å². The number of nitrogens with two attached hydrogens (primary N) is 1. The van der Waals surface area contributed by atoms with Crippen molar-refractivity contribution in [1.29, 1.82) is 0 Å². The van der Waals surface area contributed by atoms with Gasteiger partial charge in [-0.25, -0.2) is 0 Å². The molecule has 0 bridgehead atoms. The molecule has 0 saturated heterocycles. The molecule has 1 aromatic rings. The van der Waals surface area contributed by atoms with Crippen molar-refractivity contribution in [3.63, 3.8) is 0 Å². The van der Waals surface area contributed by atoms with E-state index in [4.69, 9.17) is 22.1 Å². The van der Waals surface area contributed by atoms with Crippen molar-refractivity contribution in [3.05, 3.63) is 27.8 Å². The molecule has 1 aromatic carbocycles. The van der Waals surface area contributed by atoms with Gasteiger partial charge in [-0.1, -0.05) is 18.5 Å². The van der Waals surface area contributed by atoms with Crippen LogP contribution in [0.5, 0.6) is 5.75 Å². The van der Waals surface area contributed by atoms with Crippen molar-refractivity contribution in [3.8, 4) is 5.75 Å². The highest BCUT2D eigenvalue weighted by Crippen LogP contribution is 2.33. The SMILES string of the molecule is CCCOc1c(Cl)cc(CC(C)N)c(C)c1C. The lowest BCUT2D eigenvalue weighted by atomic mass is 9.97. The molecule has 0 radical (unpaired) electrons. The molecule has 2 nitrogen and oxygen atoms in total. The molecule has 0 amide bonds.